The van der Waals surface area contributed by atoms with E-state index in [0.717, 1.165) is 11.1 Å². The number of benzene rings is 3. The van der Waals surface area contributed by atoms with Crippen molar-refractivity contribution in [3.05, 3.63) is 95.6 Å². The predicted octanol–water partition coefficient (Wildman–Crippen LogP) is 5.20. The Hall–Kier alpha value is -3.57. The van der Waals surface area contributed by atoms with E-state index < -0.39 is 0 Å². The summed E-state index contributed by atoms with van der Waals surface area (Å²) in [5.41, 5.74) is 6.71. The fraction of sp³-hybridized carbons (Fsp3) is 0.250. The van der Waals surface area contributed by atoms with Crippen molar-refractivity contribution in [3.8, 4) is 16.9 Å². The van der Waals surface area contributed by atoms with Crippen LogP contribution >= 0.6 is 0 Å². The van der Waals surface area contributed by atoms with Crippen molar-refractivity contribution in [2.45, 2.75) is 24.4 Å². The molecular formula is C28H25NO4. The third-order valence-electron chi connectivity index (χ3n) is 7.00. The highest BCUT2D eigenvalue weighted by Crippen LogP contribution is 2.45. The molecule has 2 aliphatic heterocycles. The number of rotatable bonds is 3. The molecule has 3 aromatic carbocycles. The fourth-order valence-corrected chi connectivity index (χ4v) is 5.49. The maximum Gasteiger partial charge on any atom is 0.410 e. The quantitative estimate of drug-likeness (QED) is 0.610. The Morgan fingerprint density at radius 2 is 1.55 bits per heavy atom. The number of amides is 1. The molecule has 2 unspecified atom stereocenters. The first-order valence-electron chi connectivity index (χ1n) is 11.4. The van der Waals surface area contributed by atoms with Crippen molar-refractivity contribution in [2.75, 3.05) is 19.8 Å². The van der Waals surface area contributed by atoms with Crippen LogP contribution in [0.4, 0.5) is 4.79 Å². The molecule has 5 heteroatoms. The van der Waals surface area contributed by atoms with Crippen LogP contribution in [-0.2, 0) is 9.47 Å². The number of carbonyl (C=O) groups excluding carboxylic acids is 1. The Labute approximate surface area is 192 Å². The molecule has 0 radical (unpaired) electrons. The molecule has 1 N–H and O–H groups in total. The molecule has 2 atom stereocenters. The van der Waals surface area contributed by atoms with Crippen molar-refractivity contribution in [2.24, 2.45) is 0 Å². The van der Waals surface area contributed by atoms with Crippen molar-refractivity contribution >= 4 is 11.7 Å². The van der Waals surface area contributed by atoms with E-state index in [4.69, 9.17) is 9.47 Å². The Balaban J connectivity index is 1.23. The highest BCUT2D eigenvalue weighted by molar-refractivity contribution is 5.79. The summed E-state index contributed by atoms with van der Waals surface area (Å²) in [7, 11) is 0. The van der Waals surface area contributed by atoms with E-state index in [1.165, 1.54) is 22.3 Å². The van der Waals surface area contributed by atoms with Crippen LogP contribution in [-0.4, -0.2) is 48.0 Å². The molecule has 33 heavy (non-hydrogen) atoms. The summed E-state index contributed by atoms with van der Waals surface area (Å²) >= 11 is 0. The number of morpholine rings is 1. The summed E-state index contributed by atoms with van der Waals surface area (Å²) < 4.78 is 11.7. The number of hydrogen-bond acceptors (Lipinski definition) is 4. The number of phenols is 1. The van der Waals surface area contributed by atoms with Gasteiger partial charge in [0.25, 0.3) is 0 Å². The lowest BCUT2D eigenvalue weighted by atomic mass is 9.89. The van der Waals surface area contributed by atoms with Crippen LogP contribution in [0.3, 0.4) is 0 Å². The van der Waals surface area contributed by atoms with Crippen LogP contribution in [0.15, 0.2) is 78.9 Å². The summed E-state index contributed by atoms with van der Waals surface area (Å²) in [5.74, 6) is 0.298. The summed E-state index contributed by atoms with van der Waals surface area (Å²) in [6.45, 7) is 1.20. The van der Waals surface area contributed by atoms with E-state index >= 15 is 0 Å². The second-order valence-electron chi connectivity index (χ2n) is 8.88. The molecule has 1 amide bonds. The predicted molar refractivity (Wildman–Crippen MR) is 126 cm³/mol. The second-order valence-corrected chi connectivity index (χ2v) is 8.88. The second kappa shape index (κ2) is 8.09. The molecular weight excluding hydrogens is 414 g/mol. The van der Waals surface area contributed by atoms with Gasteiger partial charge in [0.05, 0.1) is 25.3 Å². The Morgan fingerprint density at radius 3 is 2.21 bits per heavy atom. The summed E-state index contributed by atoms with van der Waals surface area (Å²) in [4.78, 5) is 15.1. The zero-order valence-corrected chi connectivity index (χ0v) is 18.2. The first-order chi connectivity index (χ1) is 16.2. The molecule has 2 bridgehead atoms. The van der Waals surface area contributed by atoms with Gasteiger partial charge in [-0.3, -0.25) is 4.90 Å². The minimum absolute atomic E-state index is 0.0367. The van der Waals surface area contributed by atoms with Gasteiger partial charge in [0.1, 0.15) is 12.4 Å². The standard InChI is InChI=1S/C28H25NO4/c30-27-12-6-5-7-21(27)18-13-19-15-32-16-20(14-18)29(19)28(31)33-17-26-24-10-3-1-8-22(24)23-9-2-4-11-25(23)26/h1-13,19-20,26,30H,14-17H2. The number of fused-ring (bicyclic) bond motifs is 5. The zero-order valence-electron chi connectivity index (χ0n) is 18.2. The Morgan fingerprint density at radius 1 is 0.909 bits per heavy atom. The summed E-state index contributed by atoms with van der Waals surface area (Å²) in [5, 5.41) is 10.3. The lowest BCUT2D eigenvalue weighted by Crippen LogP contribution is -2.56. The highest BCUT2D eigenvalue weighted by atomic mass is 16.6. The van der Waals surface area contributed by atoms with Gasteiger partial charge in [-0.25, -0.2) is 4.79 Å². The van der Waals surface area contributed by atoms with E-state index in [-0.39, 0.29) is 29.8 Å². The number of carbonyl (C=O) groups is 1. The number of para-hydroxylation sites is 1. The molecule has 3 aromatic rings. The number of phenolic OH excluding ortho intramolecular Hbond substituents is 1. The van der Waals surface area contributed by atoms with Crippen LogP contribution in [0.2, 0.25) is 0 Å². The number of aromatic hydroxyl groups is 1. The molecule has 0 spiro atoms. The molecule has 1 aliphatic carbocycles. The number of hydrogen-bond donors (Lipinski definition) is 1. The normalized spacial score (nSPS) is 21.2. The fourth-order valence-electron chi connectivity index (χ4n) is 5.49. The van der Waals surface area contributed by atoms with Gasteiger partial charge in [-0.05, 0) is 40.3 Å². The highest BCUT2D eigenvalue weighted by Gasteiger charge is 2.40. The lowest BCUT2D eigenvalue weighted by molar-refractivity contribution is -0.0331. The smallest absolute Gasteiger partial charge is 0.410 e. The van der Waals surface area contributed by atoms with Gasteiger partial charge < -0.3 is 14.6 Å². The van der Waals surface area contributed by atoms with Crippen molar-refractivity contribution in [3.63, 3.8) is 0 Å². The van der Waals surface area contributed by atoms with Crippen LogP contribution < -0.4 is 0 Å². The third-order valence-corrected chi connectivity index (χ3v) is 7.00. The van der Waals surface area contributed by atoms with E-state index in [1.807, 2.05) is 53.4 Å². The zero-order chi connectivity index (χ0) is 22.4. The average Bonchev–Trinajstić information content (AvgIpc) is 3.16. The van der Waals surface area contributed by atoms with Gasteiger partial charge in [-0.1, -0.05) is 72.8 Å². The minimum Gasteiger partial charge on any atom is -0.507 e. The van der Waals surface area contributed by atoms with Crippen LogP contribution in [0.1, 0.15) is 29.0 Å². The van der Waals surface area contributed by atoms with Gasteiger partial charge >= 0.3 is 6.09 Å². The van der Waals surface area contributed by atoms with E-state index in [0.29, 0.717) is 26.2 Å². The summed E-state index contributed by atoms with van der Waals surface area (Å²) in [6, 6.07) is 23.7. The first kappa shape index (κ1) is 20.1. The maximum atomic E-state index is 13.3. The molecule has 1 fully saturated rings. The number of nitrogens with zero attached hydrogens (tertiary/aromatic N) is 1. The molecule has 1 saturated heterocycles. The molecule has 2 heterocycles. The Kier molecular flexibility index (Phi) is 4.92. The van der Waals surface area contributed by atoms with Crippen molar-refractivity contribution in [1.29, 1.82) is 0 Å². The van der Waals surface area contributed by atoms with Gasteiger partial charge in [0, 0.05) is 11.5 Å². The molecule has 3 aliphatic rings. The van der Waals surface area contributed by atoms with Gasteiger partial charge in [0.2, 0.25) is 0 Å². The SMILES string of the molecule is O=C(OCC1c2ccccc2-c2ccccc21)N1C2C=C(c3ccccc3O)CC1COC2. The first-order valence-corrected chi connectivity index (χ1v) is 11.4. The van der Waals surface area contributed by atoms with E-state index in [2.05, 4.69) is 24.3 Å². The molecule has 0 aromatic heterocycles. The Bertz CT molecular complexity index is 1200. The van der Waals surface area contributed by atoms with E-state index in [9.17, 15) is 9.90 Å². The van der Waals surface area contributed by atoms with Crippen molar-refractivity contribution in [1.82, 2.24) is 4.90 Å². The van der Waals surface area contributed by atoms with Crippen LogP contribution in [0, 0.1) is 0 Å². The molecule has 0 saturated carbocycles. The molecule has 6 rings (SSSR count). The monoisotopic (exact) mass is 439 g/mol. The third kappa shape index (κ3) is 3.40. The van der Waals surface area contributed by atoms with Crippen LogP contribution in [0.25, 0.3) is 16.7 Å². The maximum absolute atomic E-state index is 13.3. The average molecular weight is 440 g/mol. The van der Waals surface area contributed by atoms with Crippen LogP contribution in [0.5, 0.6) is 5.75 Å². The lowest BCUT2D eigenvalue weighted by Gasteiger charge is -2.44. The molecule has 166 valence electrons. The number of ether oxygens (including phenoxy) is 2. The topological polar surface area (TPSA) is 59.0 Å². The molecule has 5 nitrogen and oxygen atoms in total. The van der Waals surface area contributed by atoms with Gasteiger partial charge in [0.15, 0.2) is 0 Å². The summed E-state index contributed by atoms with van der Waals surface area (Å²) in [6.07, 6.45) is 2.35. The van der Waals surface area contributed by atoms with Crippen molar-refractivity contribution < 1.29 is 19.4 Å². The minimum atomic E-state index is -0.303. The van der Waals surface area contributed by atoms with E-state index in [1.54, 1.807) is 6.07 Å². The van der Waals surface area contributed by atoms with Gasteiger partial charge in [-0.15, -0.1) is 0 Å². The largest absolute Gasteiger partial charge is 0.507 e. The van der Waals surface area contributed by atoms with Gasteiger partial charge in [-0.2, -0.15) is 0 Å².